The van der Waals surface area contributed by atoms with Crippen LogP contribution in [0.15, 0.2) is 48.5 Å². The van der Waals surface area contributed by atoms with Crippen molar-refractivity contribution in [3.63, 3.8) is 0 Å². The number of benzene rings is 2. The monoisotopic (exact) mass is 341 g/mol. The van der Waals surface area contributed by atoms with Crippen LogP contribution in [0.4, 0.5) is 17.1 Å². The van der Waals surface area contributed by atoms with E-state index in [2.05, 4.69) is 16.0 Å². The van der Waals surface area contributed by atoms with Crippen molar-refractivity contribution in [1.82, 2.24) is 0 Å². The van der Waals surface area contributed by atoms with E-state index >= 15 is 0 Å². The van der Waals surface area contributed by atoms with E-state index < -0.39 is 0 Å². The van der Waals surface area contributed by atoms with Gasteiger partial charge in [0.05, 0.1) is 13.2 Å². The lowest BCUT2D eigenvalue weighted by molar-refractivity contribution is -0.116. The summed E-state index contributed by atoms with van der Waals surface area (Å²) >= 11 is 0. The Balaban J connectivity index is 1.83. The minimum atomic E-state index is -0.156. The second kappa shape index (κ2) is 9.32. The highest BCUT2D eigenvalue weighted by Gasteiger charge is 2.04. The zero-order valence-corrected chi connectivity index (χ0v) is 14.5. The summed E-state index contributed by atoms with van der Waals surface area (Å²) < 4.78 is 5.41. The number of nitrogens with one attached hydrogen (secondary N) is 3. The zero-order valence-electron chi connectivity index (χ0n) is 14.5. The maximum Gasteiger partial charge on any atom is 0.243 e. The van der Waals surface area contributed by atoms with Crippen LogP contribution in [0, 0.1) is 0 Å². The minimum absolute atomic E-state index is 0.0330. The van der Waals surface area contributed by atoms with Gasteiger partial charge in [-0.3, -0.25) is 9.59 Å². The average Bonchev–Trinajstić information content (AvgIpc) is 2.61. The van der Waals surface area contributed by atoms with E-state index in [1.165, 1.54) is 0 Å². The van der Waals surface area contributed by atoms with Gasteiger partial charge < -0.3 is 20.7 Å². The first-order valence-corrected chi connectivity index (χ1v) is 8.27. The number of carbonyl (C=O) groups excluding carboxylic acids is 2. The third-order valence-corrected chi connectivity index (χ3v) is 3.37. The molecule has 25 heavy (non-hydrogen) atoms. The molecule has 2 aromatic rings. The number of amides is 2. The summed E-state index contributed by atoms with van der Waals surface area (Å²) in [6.07, 6.45) is 0.435. The Morgan fingerprint density at radius 1 is 0.880 bits per heavy atom. The van der Waals surface area contributed by atoms with Crippen LogP contribution in [-0.2, 0) is 9.59 Å². The summed E-state index contributed by atoms with van der Waals surface area (Å²) in [6.45, 7) is 4.43. The molecule has 0 saturated carbocycles. The minimum Gasteiger partial charge on any atom is -0.494 e. The van der Waals surface area contributed by atoms with Crippen molar-refractivity contribution in [1.29, 1.82) is 0 Å². The normalized spacial score (nSPS) is 10.0. The van der Waals surface area contributed by atoms with Crippen LogP contribution in [0.2, 0.25) is 0 Å². The third-order valence-electron chi connectivity index (χ3n) is 3.37. The van der Waals surface area contributed by atoms with Crippen molar-refractivity contribution in [3.8, 4) is 5.75 Å². The van der Waals surface area contributed by atoms with Gasteiger partial charge in [0.1, 0.15) is 5.75 Å². The van der Waals surface area contributed by atoms with Crippen LogP contribution in [0.1, 0.15) is 20.3 Å². The molecule has 6 heteroatoms. The molecule has 0 atom stereocenters. The lowest BCUT2D eigenvalue weighted by Gasteiger charge is -2.10. The summed E-state index contributed by atoms with van der Waals surface area (Å²) in [6, 6.07) is 14.5. The molecule has 0 radical (unpaired) electrons. The van der Waals surface area contributed by atoms with Gasteiger partial charge in [0.15, 0.2) is 0 Å². The molecule has 0 bridgehead atoms. The molecule has 0 aliphatic rings. The van der Waals surface area contributed by atoms with Gasteiger partial charge >= 0.3 is 0 Å². The first-order chi connectivity index (χ1) is 12.1. The third kappa shape index (κ3) is 6.18. The van der Waals surface area contributed by atoms with Crippen LogP contribution >= 0.6 is 0 Å². The summed E-state index contributed by atoms with van der Waals surface area (Å²) in [5, 5.41) is 8.63. The highest BCUT2D eigenvalue weighted by molar-refractivity contribution is 5.94. The second-order valence-corrected chi connectivity index (χ2v) is 5.34. The predicted octanol–water partition coefficient (Wildman–Crippen LogP) is 3.48. The molecule has 132 valence electrons. The van der Waals surface area contributed by atoms with Crippen molar-refractivity contribution >= 4 is 28.9 Å². The fourth-order valence-corrected chi connectivity index (χ4v) is 2.14. The van der Waals surface area contributed by atoms with Crippen molar-refractivity contribution in [3.05, 3.63) is 48.5 Å². The SMILES string of the molecule is CCOc1cccc(NC(=O)CNc2ccc(NC(=O)CC)cc2)c1. The Hall–Kier alpha value is -3.02. The number of hydrogen-bond acceptors (Lipinski definition) is 4. The van der Waals surface area contributed by atoms with Gasteiger partial charge in [0.25, 0.3) is 0 Å². The van der Waals surface area contributed by atoms with Gasteiger partial charge in [-0.25, -0.2) is 0 Å². The molecule has 0 aliphatic heterocycles. The molecule has 3 N–H and O–H groups in total. The maximum atomic E-state index is 12.0. The number of rotatable bonds is 8. The number of anilines is 3. The summed E-state index contributed by atoms with van der Waals surface area (Å²) in [5.74, 6) is 0.532. The molecular weight excluding hydrogens is 318 g/mol. The quantitative estimate of drug-likeness (QED) is 0.687. The summed E-state index contributed by atoms with van der Waals surface area (Å²) in [4.78, 5) is 23.4. The average molecular weight is 341 g/mol. The van der Waals surface area contributed by atoms with Crippen LogP contribution in [0.3, 0.4) is 0 Å². The Bertz CT molecular complexity index is 714. The van der Waals surface area contributed by atoms with E-state index in [9.17, 15) is 9.59 Å². The molecule has 2 amide bonds. The molecule has 0 saturated heterocycles. The largest absolute Gasteiger partial charge is 0.494 e. The van der Waals surface area contributed by atoms with Crippen LogP contribution in [-0.4, -0.2) is 25.0 Å². The molecular formula is C19H23N3O3. The lowest BCUT2D eigenvalue weighted by Crippen LogP contribution is -2.21. The number of hydrogen-bond donors (Lipinski definition) is 3. The summed E-state index contributed by atoms with van der Waals surface area (Å²) in [7, 11) is 0. The van der Waals surface area contributed by atoms with Gasteiger partial charge in [-0.15, -0.1) is 0 Å². The molecule has 0 fully saturated rings. The van der Waals surface area contributed by atoms with Crippen LogP contribution in [0.5, 0.6) is 5.75 Å². The second-order valence-electron chi connectivity index (χ2n) is 5.34. The highest BCUT2D eigenvalue weighted by Crippen LogP contribution is 2.17. The zero-order chi connectivity index (χ0) is 18.1. The summed E-state index contributed by atoms with van der Waals surface area (Å²) in [5.41, 5.74) is 2.22. The molecule has 0 aliphatic carbocycles. The fourth-order valence-electron chi connectivity index (χ4n) is 2.14. The fraction of sp³-hybridized carbons (Fsp3) is 0.263. The van der Waals surface area contributed by atoms with Gasteiger partial charge in [-0.05, 0) is 43.3 Å². The molecule has 6 nitrogen and oxygen atoms in total. The number of carbonyl (C=O) groups is 2. The first kappa shape index (κ1) is 18.3. The molecule has 0 aromatic heterocycles. The van der Waals surface area contributed by atoms with E-state index in [4.69, 9.17) is 4.74 Å². The Labute approximate surface area is 147 Å². The van der Waals surface area contributed by atoms with E-state index in [-0.39, 0.29) is 18.4 Å². The predicted molar refractivity (Wildman–Crippen MR) is 100 cm³/mol. The highest BCUT2D eigenvalue weighted by atomic mass is 16.5. The maximum absolute atomic E-state index is 12.0. The van der Waals surface area contributed by atoms with E-state index in [1.54, 1.807) is 25.1 Å². The van der Waals surface area contributed by atoms with Crippen LogP contribution < -0.4 is 20.7 Å². The Morgan fingerprint density at radius 3 is 2.24 bits per heavy atom. The van der Waals surface area contributed by atoms with Crippen molar-refractivity contribution in [2.24, 2.45) is 0 Å². The molecule has 0 heterocycles. The van der Waals surface area contributed by atoms with Gasteiger partial charge in [0.2, 0.25) is 11.8 Å². The van der Waals surface area contributed by atoms with Crippen molar-refractivity contribution < 1.29 is 14.3 Å². The Kier molecular flexibility index (Phi) is 6.83. The Morgan fingerprint density at radius 2 is 1.56 bits per heavy atom. The number of ether oxygens (including phenoxy) is 1. The van der Waals surface area contributed by atoms with E-state index in [0.29, 0.717) is 18.7 Å². The molecule has 0 spiro atoms. The molecule has 2 aromatic carbocycles. The van der Waals surface area contributed by atoms with Crippen molar-refractivity contribution in [2.75, 3.05) is 29.1 Å². The lowest BCUT2D eigenvalue weighted by atomic mass is 10.2. The van der Waals surface area contributed by atoms with Gasteiger partial charge in [-0.2, -0.15) is 0 Å². The van der Waals surface area contributed by atoms with Crippen molar-refractivity contribution in [2.45, 2.75) is 20.3 Å². The molecule has 2 rings (SSSR count). The topological polar surface area (TPSA) is 79.5 Å². The first-order valence-electron chi connectivity index (χ1n) is 8.27. The van der Waals surface area contributed by atoms with E-state index in [0.717, 1.165) is 17.1 Å². The smallest absolute Gasteiger partial charge is 0.243 e. The van der Waals surface area contributed by atoms with Gasteiger partial charge in [-0.1, -0.05) is 13.0 Å². The van der Waals surface area contributed by atoms with E-state index in [1.807, 2.05) is 37.3 Å². The van der Waals surface area contributed by atoms with Crippen LogP contribution in [0.25, 0.3) is 0 Å². The molecule has 0 unspecified atom stereocenters. The van der Waals surface area contributed by atoms with Gasteiger partial charge in [0, 0.05) is 29.5 Å². The standard InChI is InChI=1S/C19H23N3O3/c1-3-18(23)21-15-10-8-14(9-11-15)20-13-19(24)22-16-6-5-7-17(12-16)25-4-2/h5-12,20H,3-4,13H2,1-2H3,(H,21,23)(H,22,24).